The largest absolute Gasteiger partial charge is 0.260 e. The molecule has 1 rings (SSSR count). The first-order chi connectivity index (χ1) is 7.33. The van der Waals surface area contributed by atoms with Crippen molar-refractivity contribution in [3.8, 4) is 0 Å². The van der Waals surface area contributed by atoms with Gasteiger partial charge in [-0.15, -0.1) is 11.3 Å². The molecule has 0 fully saturated rings. The summed E-state index contributed by atoms with van der Waals surface area (Å²) in [6, 6.07) is 1.34. The number of thiophene rings is 1. The number of hydrogen-bond acceptors (Lipinski definition) is 4. The van der Waals surface area contributed by atoms with Gasteiger partial charge in [0.25, 0.3) is 10.0 Å². The van der Waals surface area contributed by atoms with Gasteiger partial charge in [0.15, 0.2) is 0 Å². The van der Waals surface area contributed by atoms with Crippen molar-refractivity contribution in [2.75, 3.05) is 12.0 Å². The second-order valence-corrected chi connectivity index (χ2v) is 8.48. The van der Waals surface area contributed by atoms with Gasteiger partial charge in [-0.25, -0.2) is 13.1 Å². The lowest BCUT2D eigenvalue weighted by molar-refractivity contribution is 0.572. The van der Waals surface area contributed by atoms with Gasteiger partial charge in [0.1, 0.15) is 4.21 Å². The zero-order chi connectivity index (χ0) is 12.3. The van der Waals surface area contributed by atoms with Crippen LogP contribution in [0.1, 0.15) is 6.92 Å². The average molecular weight is 346 g/mol. The third-order valence-corrected chi connectivity index (χ3v) is 6.90. The Morgan fingerprint density at radius 1 is 1.62 bits per heavy atom. The Balaban J connectivity index is 2.81. The molecule has 0 aliphatic heterocycles. The molecular weight excluding hydrogens is 334 g/mol. The van der Waals surface area contributed by atoms with Gasteiger partial charge in [-0.1, -0.05) is 0 Å². The van der Waals surface area contributed by atoms with Crippen LogP contribution in [0, 0.1) is 0 Å². The molecule has 0 bridgehead atoms. The van der Waals surface area contributed by atoms with E-state index in [0.29, 0.717) is 10.2 Å². The van der Waals surface area contributed by atoms with Crippen LogP contribution in [-0.4, -0.2) is 30.7 Å². The maximum absolute atomic E-state index is 11.9. The van der Waals surface area contributed by atoms with Crippen LogP contribution in [-0.2, 0) is 20.8 Å². The third-order valence-electron chi connectivity index (χ3n) is 1.67. The molecule has 0 aliphatic carbocycles. The van der Waals surface area contributed by atoms with E-state index in [2.05, 4.69) is 20.7 Å². The lowest BCUT2D eigenvalue weighted by Gasteiger charge is -2.11. The van der Waals surface area contributed by atoms with E-state index in [4.69, 9.17) is 0 Å². The van der Waals surface area contributed by atoms with Gasteiger partial charge in [0.05, 0.1) is 0 Å². The maximum atomic E-state index is 11.9. The minimum absolute atomic E-state index is 0.251. The van der Waals surface area contributed by atoms with E-state index < -0.39 is 20.8 Å². The summed E-state index contributed by atoms with van der Waals surface area (Å²) in [5, 5.41) is 1.70. The first-order valence-corrected chi connectivity index (χ1v) is 9.26. The predicted molar refractivity (Wildman–Crippen MR) is 70.7 cm³/mol. The Kier molecular flexibility index (Phi) is 5.11. The highest BCUT2D eigenvalue weighted by Crippen LogP contribution is 2.27. The van der Waals surface area contributed by atoms with Crippen LogP contribution in [0.4, 0.5) is 0 Å². The molecule has 4 nitrogen and oxygen atoms in total. The molecule has 1 N–H and O–H groups in total. The third kappa shape index (κ3) is 3.92. The normalized spacial score (nSPS) is 15.9. The van der Waals surface area contributed by atoms with Crippen molar-refractivity contribution in [3.63, 3.8) is 0 Å². The van der Waals surface area contributed by atoms with Crippen molar-refractivity contribution in [2.45, 2.75) is 17.2 Å². The number of nitrogens with one attached hydrogen (secondary N) is 1. The van der Waals surface area contributed by atoms with Gasteiger partial charge < -0.3 is 0 Å². The summed E-state index contributed by atoms with van der Waals surface area (Å²) >= 11 is 4.32. The van der Waals surface area contributed by atoms with Crippen LogP contribution in [0.15, 0.2) is 20.1 Å². The van der Waals surface area contributed by atoms with Crippen LogP contribution in [0.25, 0.3) is 0 Å². The Bertz CT molecular complexity index is 482. The minimum atomic E-state index is -3.51. The number of rotatable bonds is 5. The van der Waals surface area contributed by atoms with Gasteiger partial charge in [0, 0.05) is 33.3 Å². The zero-order valence-corrected chi connectivity index (χ0v) is 12.8. The van der Waals surface area contributed by atoms with Crippen molar-refractivity contribution in [1.29, 1.82) is 0 Å². The first-order valence-electron chi connectivity index (χ1n) is 4.38. The molecule has 0 saturated heterocycles. The summed E-state index contributed by atoms with van der Waals surface area (Å²) in [5.41, 5.74) is 0. The van der Waals surface area contributed by atoms with Gasteiger partial charge in [-0.3, -0.25) is 4.21 Å². The highest BCUT2D eigenvalue weighted by molar-refractivity contribution is 9.10. The van der Waals surface area contributed by atoms with Crippen LogP contribution in [0.2, 0.25) is 0 Å². The number of hydrogen-bond donors (Lipinski definition) is 1. The SMILES string of the molecule is CC(CS(C)=O)NS(=O)(=O)c1sccc1Br. The number of halogens is 1. The van der Waals surface area contributed by atoms with E-state index in [1.54, 1.807) is 24.6 Å². The van der Waals surface area contributed by atoms with Crippen molar-refractivity contribution >= 4 is 48.1 Å². The van der Waals surface area contributed by atoms with E-state index in [9.17, 15) is 12.6 Å². The summed E-state index contributed by atoms with van der Waals surface area (Å²) < 4.78 is 38.0. The molecule has 1 aromatic heterocycles. The lowest BCUT2D eigenvalue weighted by Crippen LogP contribution is -2.35. The summed E-state index contributed by atoms with van der Waals surface area (Å²) in [6.45, 7) is 1.69. The Labute approximate surface area is 110 Å². The molecule has 0 radical (unpaired) electrons. The lowest BCUT2D eigenvalue weighted by atomic mass is 10.4. The first kappa shape index (κ1) is 14.3. The molecule has 16 heavy (non-hydrogen) atoms. The molecule has 2 unspecified atom stereocenters. The molecule has 0 saturated carbocycles. The zero-order valence-electron chi connectivity index (χ0n) is 8.77. The van der Waals surface area contributed by atoms with E-state index in [0.717, 1.165) is 11.3 Å². The monoisotopic (exact) mass is 345 g/mol. The number of sulfonamides is 1. The van der Waals surface area contributed by atoms with Crippen molar-refractivity contribution in [2.24, 2.45) is 0 Å². The molecule has 0 aromatic carbocycles. The summed E-state index contributed by atoms with van der Waals surface area (Å²) in [7, 11) is -4.52. The fraction of sp³-hybridized carbons (Fsp3) is 0.500. The molecule has 1 heterocycles. The van der Waals surface area contributed by atoms with Crippen molar-refractivity contribution in [1.82, 2.24) is 4.72 Å². The molecule has 0 aliphatic rings. The Morgan fingerprint density at radius 3 is 2.69 bits per heavy atom. The predicted octanol–water partition coefficient (Wildman–Crippen LogP) is 1.56. The molecule has 2 atom stereocenters. The van der Waals surface area contributed by atoms with Gasteiger partial charge in [0.2, 0.25) is 0 Å². The van der Waals surface area contributed by atoms with Gasteiger partial charge in [-0.2, -0.15) is 0 Å². The molecule has 0 amide bonds. The van der Waals surface area contributed by atoms with Crippen LogP contribution in [0.5, 0.6) is 0 Å². The molecule has 1 aromatic rings. The van der Waals surface area contributed by atoms with E-state index in [1.807, 2.05) is 0 Å². The van der Waals surface area contributed by atoms with Gasteiger partial charge >= 0.3 is 0 Å². The van der Waals surface area contributed by atoms with Crippen LogP contribution in [0.3, 0.4) is 0 Å². The molecule has 8 heteroatoms. The average Bonchev–Trinajstić information content (AvgIpc) is 2.48. The fourth-order valence-electron chi connectivity index (χ4n) is 1.18. The molecule has 0 spiro atoms. The summed E-state index contributed by atoms with van der Waals surface area (Å²) in [4.78, 5) is 0. The highest BCUT2D eigenvalue weighted by atomic mass is 79.9. The second kappa shape index (κ2) is 5.72. The van der Waals surface area contributed by atoms with E-state index in [1.165, 1.54) is 0 Å². The smallest absolute Gasteiger partial charge is 0.251 e. The van der Waals surface area contributed by atoms with Crippen molar-refractivity contribution < 1.29 is 12.6 Å². The van der Waals surface area contributed by atoms with Crippen molar-refractivity contribution in [3.05, 3.63) is 15.9 Å². The topological polar surface area (TPSA) is 63.2 Å². The van der Waals surface area contributed by atoms with Gasteiger partial charge in [-0.05, 0) is 34.3 Å². The Morgan fingerprint density at radius 2 is 2.25 bits per heavy atom. The standard InChI is InChI=1S/C8H12BrNO3S3/c1-6(5-15(2)11)10-16(12,13)8-7(9)3-4-14-8/h3-4,6,10H,5H2,1-2H3. The second-order valence-electron chi connectivity index (χ2n) is 3.32. The van der Waals surface area contributed by atoms with E-state index in [-0.39, 0.29) is 10.3 Å². The summed E-state index contributed by atoms with van der Waals surface area (Å²) in [5.74, 6) is 0.308. The van der Waals surface area contributed by atoms with Crippen LogP contribution >= 0.6 is 27.3 Å². The maximum Gasteiger partial charge on any atom is 0.251 e. The molecule has 92 valence electrons. The Hall–Kier alpha value is 0.240. The molecular formula is C8H12BrNO3S3. The quantitative estimate of drug-likeness (QED) is 0.880. The minimum Gasteiger partial charge on any atom is -0.260 e. The summed E-state index contributed by atoms with van der Waals surface area (Å²) in [6.07, 6.45) is 1.55. The van der Waals surface area contributed by atoms with Crippen LogP contribution < -0.4 is 4.72 Å². The van der Waals surface area contributed by atoms with E-state index >= 15 is 0 Å². The highest BCUT2D eigenvalue weighted by Gasteiger charge is 2.21. The fourth-order valence-corrected chi connectivity index (χ4v) is 5.67.